The van der Waals surface area contributed by atoms with Gasteiger partial charge in [-0.1, -0.05) is 13.8 Å². The number of nitrogens with one attached hydrogen (secondary N) is 1. The van der Waals surface area contributed by atoms with Crippen molar-refractivity contribution in [2.24, 2.45) is 0 Å². The Morgan fingerprint density at radius 3 is 2.40 bits per heavy atom. The molecule has 0 unspecified atom stereocenters. The van der Waals surface area contributed by atoms with E-state index in [1.807, 2.05) is 0 Å². The lowest BCUT2D eigenvalue weighted by Crippen LogP contribution is -2.60. The van der Waals surface area contributed by atoms with Gasteiger partial charge in [-0.2, -0.15) is 0 Å². The fourth-order valence-corrected chi connectivity index (χ4v) is 1.17. The zero-order valence-electron chi connectivity index (χ0n) is 6.94. The summed E-state index contributed by atoms with van der Waals surface area (Å²) < 4.78 is 5.16. The van der Waals surface area contributed by atoms with Crippen LogP contribution in [0.15, 0.2) is 0 Å². The molecule has 1 aliphatic rings. The zero-order valence-corrected chi connectivity index (χ0v) is 6.94. The summed E-state index contributed by atoms with van der Waals surface area (Å²) in [6.45, 7) is 7.34. The third-order valence-corrected chi connectivity index (χ3v) is 2.18. The summed E-state index contributed by atoms with van der Waals surface area (Å²) >= 11 is 0. The molecule has 0 aromatic rings. The normalized spacial score (nSPS) is 22.2. The van der Waals surface area contributed by atoms with Gasteiger partial charge in [0.05, 0.1) is 18.8 Å². The molecule has 60 valence electrons. The van der Waals surface area contributed by atoms with Crippen molar-refractivity contribution in [3.63, 3.8) is 0 Å². The van der Waals surface area contributed by atoms with E-state index in [4.69, 9.17) is 4.74 Å². The van der Waals surface area contributed by atoms with Gasteiger partial charge in [0.25, 0.3) is 0 Å². The van der Waals surface area contributed by atoms with Gasteiger partial charge in [0.1, 0.15) is 0 Å². The van der Waals surface area contributed by atoms with Crippen LogP contribution in [0.4, 0.5) is 0 Å². The van der Waals surface area contributed by atoms with E-state index < -0.39 is 0 Å². The van der Waals surface area contributed by atoms with Gasteiger partial charge < -0.3 is 10.1 Å². The molecule has 0 aromatic heterocycles. The first-order chi connectivity index (χ1) is 4.83. The quantitative estimate of drug-likeness (QED) is 0.637. The van der Waals surface area contributed by atoms with Crippen molar-refractivity contribution in [2.45, 2.75) is 32.2 Å². The highest BCUT2D eigenvalue weighted by molar-refractivity contribution is 4.92. The van der Waals surface area contributed by atoms with Gasteiger partial charge in [-0.25, -0.2) is 0 Å². The van der Waals surface area contributed by atoms with Crippen molar-refractivity contribution in [3.8, 4) is 0 Å². The highest BCUT2D eigenvalue weighted by atomic mass is 16.5. The fraction of sp³-hybridized carbons (Fsp3) is 1.00. The van der Waals surface area contributed by atoms with Crippen LogP contribution in [0.25, 0.3) is 0 Å². The molecule has 0 radical (unpaired) electrons. The highest BCUT2D eigenvalue weighted by Crippen LogP contribution is 2.20. The highest BCUT2D eigenvalue weighted by Gasteiger charge is 2.35. The SMILES string of the molecule is CCCNC1(CC)COC1. The van der Waals surface area contributed by atoms with Crippen molar-refractivity contribution in [1.29, 1.82) is 0 Å². The predicted molar refractivity (Wildman–Crippen MR) is 42.1 cm³/mol. The topological polar surface area (TPSA) is 21.3 Å². The van der Waals surface area contributed by atoms with E-state index in [-0.39, 0.29) is 0 Å². The maximum absolute atomic E-state index is 5.16. The minimum atomic E-state index is 0.343. The molecular formula is C8H17NO. The summed E-state index contributed by atoms with van der Waals surface area (Å²) in [7, 11) is 0. The molecule has 0 aliphatic carbocycles. The van der Waals surface area contributed by atoms with Crippen molar-refractivity contribution in [2.75, 3.05) is 19.8 Å². The Morgan fingerprint density at radius 2 is 2.10 bits per heavy atom. The molecule has 1 saturated heterocycles. The molecule has 2 heteroatoms. The van der Waals surface area contributed by atoms with Crippen LogP contribution in [0.2, 0.25) is 0 Å². The maximum Gasteiger partial charge on any atom is 0.0671 e. The van der Waals surface area contributed by atoms with Gasteiger partial charge in [-0.3, -0.25) is 0 Å². The van der Waals surface area contributed by atoms with Gasteiger partial charge in [-0.05, 0) is 19.4 Å². The second kappa shape index (κ2) is 3.35. The van der Waals surface area contributed by atoms with Crippen LogP contribution >= 0.6 is 0 Å². The Morgan fingerprint density at radius 1 is 1.40 bits per heavy atom. The van der Waals surface area contributed by atoms with Crippen LogP contribution in [0, 0.1) is 0 Å². The van der Waals surface area contributed by atoms with Crippen molar-refractivity contribution in [1.82, 2.24) is 5.32 Å². The molecule has 0 bridgehead atoms. The molecule has 1 N–H and O–H groups in total. The Hall–Kier alpha value is -0.0800. The van der Waals surface area contributed by atoms with Gasteiger partial charge in [-0.15, -0.1) is 0 Å². The molecule has 0 spiro atoms. The molecule has 0 saturated carbocycles. The van der Waals surface area contributed by atoms with Crippen LogP contribution in [0.1, 0.15) is 26.7 Å². The first-order valence-corrected chi connectivity index (χ1v) is 4.16. The first-order valence-electron chi connectivity index (χ1n) is 4.16. The molecule has 1 fully saturated rings. The number of hydrogen-bond acceptors (Lipinski definition) is 2. The Bertz CT molecular complexity index is 93.9. The zero-order chi connectivity index (χ0) is 7.45. The van der Waals surface area contributed by atoms with Gasteiger partial charge in [0, 0.05) is 0 Å². The maximum atomic E-state index is 5.16. The average molecular weight is 143 g/mol. The molecule has 1 aliphatic heterocycles. The smallest absolute Gasteiger partial charge is 0.0671 e. The van der Waals surface area contributed by atoms with Gasteiger partial charge in [0.2, 0.25) is 0 Å². The van der Waals surface area contributed by atoms with Crippen LogP contribution in [-0.4, -0.2) is 25.3 Å². The Labute approximate surface area is 63.0 Å². The second-order valence-electron chi connectivity index (χ2n) is 3.05. The lowest BCUT2D eigenvalue weighted by atomic mass is 9.94. The predicted octanol–water partition coefficient (Wildman–Crippen LogP) is 1.16. The average Bonchev–Trinajstić information content (AvgIpc) is 1.87. The number of ether oxygens (including phenoxy) is 1. The van der Waals surface area contributed by atoms with Gasteiger partial charge >= 0.3 is 0 Å². The molecule has 1 heterocycles. The summed E-state index contributed by atoms with van der Waals surface area (Å²) in [4.78, 5) is 0. The lowest BCUT2D eigenvalue weighted by Gasteiger charge is -2.41. The summed E-state index contributed by atoms with van der Waals surface area (Å²) in [6.07, 6.45) is 2.40. The van der Waals surface area contributed by atoms with E-state index >= 15 is 0 Å². The number of rotatable bonds is 4. The summed E-state index contributed by atoms with van der Waals surface area (Å²) in [5.74, 6) is 0. The molecular weight excluding hydrogens is 126 g/mol. The van der Waals surface area contributed by atoms with E-state index in [2.05, 4.69) is 19.2 Å². The van der Waals surface area contributed by atoms with E-state index in [0.717, 1.165) is 19.8 Å². The lowest BCUT2D eigenvalue weighted by molar-refractivity contribution is -0.0757. The molecule has 0 aromatic carbocycles. The van der Waals surface area contributed by atoms with Crippen molar-refractivity contribution in [3.05, 3.63) is 0 Å². The first kappa shape index (κ1) is 8.02. The second-order valence-corrected chi connectivity index (χ2v) is 3.05. The molecule has 0 amide bonds. The van der Waals surface area contributed by atoms with Crippen molar-refractivity contribution < 1.29 is 4.74 Å². The largest absolute Gasteiger partial charge is 0.377 e. The fourth-order valence-electron chi connectivity index (χ4n) is 1.17. The third-order valence-electron chi connectivity index (χ3n) is 2.18. The molecule has 2 nitrogen and oxygen atoms in total. The van der Waals surface area contributed by atoms with E-state index in [9.17, 15) is 0 Å². The van der Waals surface area contributed by atoms with E-state index in [1.54, 1.807) is 0 Å². The Kier molecular flexibility index (Phi) is 2.69. The molecule has 0 atom stereocenters. The monoisotopic (exact) mass is 143 g/mol. The third kappa shape index (κ3) is 1.50. The van der Waals surface area contributed by atoms with E-state index in [0.29, 0.717) is 5.54 Å². The minimum Gasteiger partial charge on any atom is -0.377 e. The molecule has 1 rings (SSSR count). The van der Waals surface area contributed by atoms with Gasteiger partial charge in [0.15, 0.2) is 0 Å². The summed E-state index contributed by atoms with van der Waals surface area (Å²) in [5, 5.41) is 3.51. The van der Waals surface area contributed by atoms with Crippen LogP contribution < -0.4 is 5.32 Å². The number of hydrogen-bond donors (Lipinski definition) is 1. The van der Waals surface area contributed by atoms with Crippen LogP contribution in [-0.2, 0) is 4.74 Å². The summed E-state index contributed by atoms with van der Waals surface area (Å²) in [5.41, 5.74) is 0.343. The van der Waals surface area contributed by atoms with Crippen LogP contribution in [0.3, 0.4) is 0 Å². The van der Waals surface area contributed by atoms with Crippen molar-refractivity contribution >= 4 is 0 Å². The minimum absolute atomic E-state index is 0.343. The molecule has 10 heavy (non-hydrogen) atoms. The van der Waals surface area contributed by atoms with Crippen LogP contribution in [0.5, 0.6) is 0 Å². The summed E-state index contributed by atoms with van der Waals surface area (Å²) in [6, 6.07) is 0. The van der Waals surface area contributed by atoms with E-state index in [1.165, 1.54) is 12.8 Å². The Balaban J connectivity index is 2.20. The standard InChI is InChI=1S/C8H17NO/c1-3-5-9-8(4-2)6-10-7-8/h9H,3-7H2,1-2H3.